The summed E-state index contributed by atoms with van der Waals surface area (Å²) in [5, 5.41) is 3.35. The number of alkyl halides is 3. The van der Waals surface area contributed by atoms with Crippen LogP contribution in [-0.2, 0) is 27.7 Å². The van der Waals surface area contributed by atoms with E-state index in [2.05, 4.69) is 10.3 Å². The first-order chi connectivity index (χ1) is 19.2. The van der Waals surface area contributed by atoms with Gasteiger partial charge in [-0.2, -0.15) is 0 Å². The SMILES string of the molecule is O=C(NCc1cc2nc(-c3cccc(C4CC4)n3)ccc2cn1)c1cc(C(F)F)c2c(c1)S(=O)(=O)[C@@H](F)COC2. The Balaban J connectivity index is 1.25. The quantitative estimate of drug-likeness (QED) is 0.347. The number of nitrogens with one attached hydrogen (secondary N) is 1. The number of ether oxygens (including phenoxy) is 1. The summed E-state index contributed by atoms with van der Waals surface area (Å²) in [6.45, 7) is -1.38. The van der Waals surface area contributed by atoms with Crippen LogP contribution in [0, 0.1) is 0 Å². The Morgan fingerprint density at radius 1 is 1.07 bits per heavy atom. The smallest absolute Gasteiger partial charge is 0.264 e. The molecule has 0 radical (unpaired) electrons. The lowest BCUT2D eigenvalue weighted by atomic mass is 10.0. The Morgan fingerprint density at radius 3 is 2.65 bits per heavy atom. The minimum Gasteiger partial charge on any atom is -0.373 e. The molecule has 1 fully saturated rings. The summed E-state index contributed by atoms with van der Waals surface area (Å²) >= 11 is 0. The van der Waals surface area contributed by atoms with E-state index in [-0.39, 0.29) is 17.7 Å². The lowest BCUT2D eigenvalue weighted by molar-refractivity contribution is 0.0914. The Bertz CT molecular complexity index is 1750. The highest BCUT2D eigenvalue weighted by molar-refractivity contribution is 7.92. The van der Waals surface area contributed by atoms with E-state index in [9.17, 15) is 26.4 Å². The molecule has 0 unspecified atom stereocenters. The highest BCUT2D eigenvalue weighted by Gasteiger charge is 2.36. The van der Waals surface area contributed by atoms with Gasteiger partial charge in [-0.05, 0) is 55.3 Å². The monoisotopic (exact) mass is 568 g/mol. The number of aromatic nitrogens is 3. The fraction of sp³-hybridized carbons (Fsp3) is 0.286. The third kappa shape index (κ3) is 5.04. The number of rotatable bonds is 6. The molecule has 3 aromatic heterocycles. The number of fused-ring (bicyclic) bond motifs is 2. The van der Waals surface area contributed by atoms with Crippen LogP contribution < -0.4 is 5.32 Å². The van der Waals surface area contributed by atoms with E-state index in [1.165, 1.54) is 0 Å². The van der Waals surface area contributed by atoms with E-state index in [0.29, 0.717) is 22.8 Å². The van der Waals surface area contributed by atoms with Crippen LogP contribution in [0.2, 0.25) is 0 Å². The zero-order valence-corrected chi connectivity index (χ0v) is 21.8. The number of hydrogen-bond acceptors (Lipinski definition) is 7. The fourth-order valence-electron chi connectivity index (χ4n) is 4.65. The summed E-state index contributed by atoms with van der Waals surface area (Å²) in [7, 11) is -4.62. The average molecular weight is 569 g/mol. The number of benzene rings is 1. The predicted molar refractivity (Wildman–Crippen MR) is 139 cm³/mol. The molecule has 0 spiro atoms. The van der Waals surface area contributed by atoms with Gasteiger partial charge >= 0.3 is 0 Å². The highest BCUT2D eigenvalue weighted by Crippen LogP contribution is 2.39. The summed E-state index contributed by atoms with van der Waals surface area (Å²) in [5.41, 5.74) is -0.240. The van der Waals surface area contributed by atoms with Gasteiger partial charge in [0.05, 0.1) is 47.3 Å². The molecule has 0 bridgehead atoms. The molecule has 1 amide bonds. The molecule has 2 aliphatic rings. The molecule has 1 aliphatic heterocycles. The Hall–Kier alpha value is -3.90. The van der Waals surface area contributed by atoms with Gasteiger partial charge in [0.1, 0.15) is 0 Å². The molecule has 4 heterocycles. The number of halogens is 3. The van der Waals surface area contributed by atoms with Crippen molar-refractivity contribution in [3.63, 3.8) is 0 Å². The zero-order chi connectivity index (χ0) is 28.0. The maximum Gasteiger partial charge on any atom is 0.264 e. The summed E-state index contributed by atoms with van der Waals surface area (Å²) < 4.78 is 72.0. The largest absolute Gasteiger partial charge is 0.373 e. The van der Waals surface area contributed by atoms with Crippen LogP contribution in [0.5, 0.6) is 0 Å². The molecular weight excluding hydrogens is 545 g/mol. The first-order valence-electron chi connectivity index (χ1n) is 12.6. The summed E-state index contributed by atoms with van der Waals surface area (Å²) in [5.74, 6) is -0.312. The van der Waals surface area contributed by atoms with Crippen molar-refractivity contribution in [3.8, 4) is 11.4 Å². The van der Waals surface area contributed by atoms with Crippen molar-refractivity contribution in [2.45, 2.75) is 48.7 Å². The van der Waals surface area contributed by atoms with Gasteiger partial charge in [0.25, 0.3) is 12.3 Å². The van der Waals surface area contributed by atoms with E-state index < -0.39 is 51.3 Å². The van der Waals surface area contributed by atoms with Crippen molar-refractivity contribution in [2.24, 2.45) is 0 Å². The second-order valence-electron chi connectivity index (χ2n) is 9.78. The van der Waals surface area contributed by atoms with Gasteiger partial charge in [-0.15, -0.1) is 0 Å². The number of nitrogens with zero attached hydrogens (tertiary/aromatic N) is 3. The van der Waals surface area contributed by atoms with E-state index in [1.807, 2.05) is 30.3 Å². The Morgan fingerprint density at radius 2 is 1.88 bits per heavy atom. The lowest BCUT2D eigenvalue weighted by Gasteiger charge is -2.15. The number of carbonyl (C=O) groups is 1. The van der Waals surface area contributed by atoms with E-state index in [4.69, 9.17) is 14.7 Å². The molecule has 8 nitrogen and oxygen atoms in total. The van der Waals surface area contributed by atoms with Gasteiger partial charge in [0.15, 0.2) is 0 Å². The second-order valence-corrected chi connectivity index (χ2v) is 11.8. The minimum atomic E-state index is -4.62. The number of sulfone groups is 1. The molecule has 1 aliphatic carbocycles. The number of carbonyl (C=O) groups excluding carboxylic acids is 1. The first-order valence-corrected chi connectivity index (χ1v) is 14.2. The van der Waals surface area contributed by atoms with Crippen LogP contribution in [0.3, 0.4) is 0 Å². The summed E-state index contributed by atoms with van der Waals surface area (Å²) in [4.78, 5) is 26.0. The van der Waals surface area contributed by atoms with Gasteiger partial charge in [-0.25, -0.2) is 26.6 Å². The van der Waals surface area contributed by atoms with Gasteiger partial charge in [0, 0.05) is 39.9 Å². The van der Waals surface area contributed by atoms with Crippen molar-refractivity contribution in [3.05, 3.63) is 82.8 Å². The van der Waals surface area contributed by atoms with Crippen molar-refractivity contribution in [2.75, 3.05) is 6.61 Å². The number of amides is 1. The summed E-state index contributed by atoms with van der Waals surface area (Å²) in [6.07, 6.45) is 0.779. The Kier molecular flexibility index (Phi) is 6.75. The Labute approximate surface area is 227 Å². The molecule has 6 rings (SSSR count). The van der Waals surface area contributed by atoms with Gasteiger partial charge in [-0.3, -0.25) is 14.8 Å². The molecule has 206 valence electrons. The van der Waals surface area contributed by atoms with Crippen LogP contribution >= 0.6 is 0 Å². The predicted octanol–water partition coefficient (Wildman–Crippen LogP) is 5.04. The maximum atomic E-state index is 14.2. The average Bonchev–Trinajstić information content (AvgIpc) is 3.81. The molecule has 1 N–H and O–H groups in total. The van der Waals surface area contributed by atoms with Gasteiger partial charge in [-0.1, -0.05) is 6.07 Å². The van der Waals surface area contributed by atoms with Crippen molar-refractivity contribution >= 4 is 26.6 Å². The van der Waals surface area contributed by atoms with E-state index >= 15 is 0 Å². The van der Waals surface area contributed by atoms with Crippen LogP contribution in [0.4, 0.5) is 13.2 Å². The van der Waals surface area contributed by atoms with Crippen LogP contribution in [-0.4, -0.2) is 41.4 Å². The molecule has 1 aromatic carbocycles. The fourth-order valence-corrected chi connectivity index (χ4v) is 6.02. The van der Waals surface area contributed by atoms with Crippen molar-refractivity contribution in [1.82, 2.24) is 20.3 Å². The third-order valence-corrected chi connectivity index (χ3v) is 8.76. The number of pyridine rings is 3. The lowest BCUT2D eigenvalue weighted by Crippen LogP contribution is -2.25. The second kappa shape index (κ2) is 10.3. The van der Waals surface area contributed by atoms with Gasteiger partial charge in [0.2, 0.25) is 15.3 Å². The van der Waals surface area contributed by atoms with Crippen LogP contribution in [0.25, 0.3) is 22.3 Å². The topological polar surface area (TPSA) is 111 Å². The van der Waals surface area contributed by atoms with Crippen LogP contribution in [0.1, 0.15) is 58.1 Å². The van der Waals surface area contributed by atoms with E-state index in [1.54, 1.807) is 12.3 Å². The van der Waals surface area contributed by atoms with E-state index in [0.717, 1.165) is 41.7 Å². The first kappa shape index (κ1) is 26.3. The minimum absolute atomic E-state index is 0.0845. The van der Waals surface area contributed by atoms with Crippen molar-refractivity contribution < 1.29 is 31.1 Å². The molecule has 12 heteroatoms. The molecule has 1 atom stereocenters. The third-order valence-electron chi connectivity index (χ3n) is 6.97. The number of hydrogen-bond donors (Lipinski definition) is 1. The molecule has 0 saturated heterocycles. The van der Waals surface area contributed by atoms with Crippen molar-refractivity contribution in [1.29, 1.82) is 0 Å². The van der Waals surface area contributed by atoms with Crippen LogP contribution in [0.15, 0.2) is 59.6 Å². The zero-order valence-electron chi connectivity index (χ0n) is 21.0. The van der Waals surface area contributed by atoms with Gasteiger partial charge < -0.3 is 10.1 Å². The highest BCUT2D eigenvalue weighted by atomic mass is 32.2. The molecule has 40 heavy (non-hydrogen) atoms. The maximum absolute atomic E-state index is 14.2. The molecular formula is C28H23F3N4O4S. The summed E-state index contributed by atoms with van der Waals surface area (Å²) in [6, 6.07) is 13.1. The normalized spacial score (nSPS) is 18.4. The molecule has 4 aromatic rings. The standard InChI is InChI=1S/C28H23F3N4O4S/c29-26-14-39-13-20-19(27(30)31)8-17(9-25(20)40(26,37)38)28(36)33-12-18-10-24-16(11-32-18)6-7-23(35-24)22-3-1-2-21(34-22)15-4-5-15/h1-3,6-11,15,26-27H,4-5,12-14H2,(H,33,36)/t26-/m1/s1. The molecule has 1 saturated carbocycles.